The van der Waals surface area contributed by atoms with Gasteiger partial charge in [0.25, 0.3) is 0 Å². The van der Waals surface area contributed by atoms with Gasteiger partial charge in [-0.1, -0.05) is 6.92 Å². The molecule has 1 aromatic heterocycles. The lowest BCUT2D eigenvalue weighted by molar-refractivity contribution is -0.671. The van der Waals surface area contributed by atoms with Crippen LogP contribution in [0, 0.1) is 0 Å². The first kappa shape index (κ1) is 19.8. The van der Waals surface area contributed by atoms with Crippen LogP contribution in [0.25, 0.3) is 11.0 Å². The normalized spacial score (nSPS) is 10.9. The number of aromatic hydroxyl groups is 1. The highest BCUT2D eigenvalue weighted by Gasteiger charge is 2.11. The minimum absolute atomic E-state index is 0.156. The maximum Gasteiger partial charge on any atom is 0.336 e. The predicted molar refractivity (Wildman–Crippen MR) is 107 cm³/mol. The molecule has 0 bridgehead atoms. The Bertz CT molecular complexity index is 979. The van der Waals surface area contributed by atoms with Crippen LogP contribution in [0.4, 0.5) is 0 Å². The second kappa shape index (κ2) is 9.28. The Morgan fingerprint density at radius 1 is 1.00 bits per heavy atom. The number of rotatable bonds is 9. The van der Waals surface area contributed by atoms with Crippen molar-refractivity contribution in [2.45, 2.75) is 26.8 Å². The van der Waals surface area contributed by atoms with Crippen molar-refractivity contribution in [2.24, 2.45) is 0 Å². The fourth-order valence-corrected chi connectivity index (χ4v) is 3.08. The summed E-state index contributed by atoms with van der Waals surface area (Å²) >= 11 is 0. The Hall–Kier alpha value is -2.99. The second-order valence-electron chi connectivity index (χ2n) is 6.46. The number of hydrogen-bond acceptors (Lipinski definition) is 5. The summed E-state index contributed by atoms with van der Waals surface area (Å²) in [5.74, 6) is 1.78. The lowest BCUT2D eigenvalue weighted by Crippen LogP contribution is -2.83. The van der Waals surface area contributed by atoms with E-state index in [4.69, 9.17) is 13.9 Å². The third-order valence-electron chi connectivity index (χ3n) is 4.50. The van der Waals surface area contributed by atoms with E-state index >= 15 is 0 Å². The van der Waals surface area contributed by atoms with E-state index in [0.29, 0.717) is 31.8 Å². The van der Waals surface area contributed by atoms with E-state index in [1.54, 1.807) is 0 Å². The molecule has 3 rings (SSSR count). The van der Waals surface area contributed by atoms with Crippen LogP contribution in [0.15, 0.2) is 51.7 Å². The van der Waals surface area contributed by atoms with Crippen LogP contribution < -0.4 is 20.4 Å². The Kier molecular flexibility index (Phi) is 6.55. The van der Waals surface area contributed by atoms with Crippen LogP contribution in [0.2, 0.25) is 0 Å². The van der Waals surface area contributed by atoms with Crippen molar-refractivity contribution in [1.29, 1.82) is 0 Å². The summed E-state index contributed by atoms with van der Waals surface area (Å²) < 4.78 is 16.4. The number of phenols is 1. The highest BCUT2D eigenvalue weighted by atomic mass is 16.5. The van der Waals surface area contributed by atoms with Gasteiger partial charge in [-0.2, -0.15) is 0 Å². The van der Waals surface area contributed by atoms with Crippen LogP contribution in [-0.2, 0) is 13.0 Å². The predicted octanol–water partition coefficient (Wildman–Crippen LogP) is 2.60. The molecular formula is C22H26NO5+. The van der Waals surface area contributed by atoms with E-state index in [1.165, 1.54) is 12.1 Å². The van der Waals surface area contributed by atoms with Crippen LogP contribution in [0.1, 0.15) is 25.0 Å². The molecule has 1 heterocycles. The van der Waals surface area contributed by atoms with Crippen molar-refractivity contribution in [2.75, 3.05) is 19.8 Å². The minimum Gasteiger partial charge on any atom is -0.508 e. The van der Waals surface area contributed by atoms with E-state index in [0.717, 1.165) is 34.6 Å². The van der Waals surface area contributed by atoms with Gasteiger partial charge in [-0.05, 0) is 49.2 Å². The Labute approximate surface area is 163 Å². The molecule has 28 heavy (non-hydrogen) atoms. The number of phenolic OH excluding ortho intramolecular Hbond substituents is 1. The number of benzene rings is 2. The molecule has 0 saturated carbocycles. The van der Waals surface area contributed by atoms with Crippen LogP contribution in [0.3, 0.4) is 0 Å². The molecular weight excluding hydrogens is 358 g/mol. The number of aryl methyl sites for hydroxylation is 1. The fraction of sp³-hybridized carbons (Fsp3) is 0.318. The highest BCUT2D eigenvalue weighted by Crippen LogP contribution is 2.26. The molecule has 0 spiro atoms. The Morgan fingerprint density at radius 2 is 1.71 bits per heavy atom. The first-order chi connectivity index (χ1) is 13.6. The molecule has 0 unspecified atom stereocenters. The Balaban J connectivity index is 1.58. The van der Waals surface area contributed by atoms with Gasteiger partial charge in [-0.15, -0.1) is 0 Å². The van der Waals surface area contributed by atoms with Gasteiger partial charge < -0.3 is 24.3 Å². The molecule has 0 fully saturated rings. The van der Waals surface area contributed by atoms with Crippen molar-refractivity contribution < 1.29 is 24.3 Å². The van der Waals surface area contributed by atoms with E-state index in [1.807, 2.05) is 44.2 Å². The molecule has 6 nitrogen and oxygen atoms in total. The van der Waals surface area contributed by atoms with Gasteiger partial charge in [0, 0.05) is 23.1 Å². The van der Waals surface area contributed by atoms with Crippen molar-refractivity contribution in [3.05, 3.63) is 64.0 Å². The number of ether oxygens (including phenoxy) is 2. The van der Waals surface area contributed by atoms with Crippen LogP contribution in [0.5, 0.6) is 17.2 Å². The number of hydrogen-bond donors (Lipinski definition) is 2. The zero-order chi connectivity index (χ0) is 19.9. The van der Waals surface area contributed by atoms with Crippen molar-refractivity contribution in [1.82, 2.24) is 0 Å². The van der Waals surface area contributed by atoms with Gasteiger partial charge in [-0.25, -0.2) is 4.79 Å². The number of fused-ring (bicyclic) bond motifs is 1. The molecule has 0 aliphatic heterocycles. The summed E-state index contributed by atoms with van der Waals surface area (Å²) in [5.41, 5.74) is 1.73. The first-order valence-electron chi connectivity index (χ1n) is 9.56. The maximum absolute atomic E-state index is 11.8. The molecule has 6 heteroatoms. The molecule has 2 aromatic carbocycles. The largest absolute Gasteiger partial charge is 0.508 e. The molecule has 3 aromatic rings. The van der Waals surface area contributed by atoms with Crippen molar-refractivity contribution in [3.8, 4) is 17.2 Å². The van der Waals surface area contributed by atoms with Crippen LogP contribution >= 0.6 is 0 Å². The maximum atomic E-state index is 11.8. The molecule has 0 saturated heterocycles. The van der Waals surface area contributed by atoms with Gasteiger partial charge in [0.2, 0.25) is 0 Å². The zero-order valence-electron chi connectivity index (χ0n) is 16.2. The lowest BCUT2D eigenvalue weighted by Gasteiger charge is -2.09. The third-order valence-corrected chi connectivity index (χ3v) is 4.50. The van der Waals surface area contributed by atoms with E-state index in [-0.39, 0.29) is 5.75 Å². The third kappa shape index (κ3) is 4.84. The lowest BCUT2D eigenvalue weighted by atomic mass is 10.0. The summed E-state index contributed by atoms with van der Waals surface area (Å²) in [6.07, 6.45) is 0.708. The van der Waals surface area contributed by atoms with Gasteiger partial charge in [0.15, 0.2) is 0 Å². The summed E-state index contributed by atoms with van der Waals surface area (Å²) in [6, 6.07) is 12.5. The van der Waals surface area contributed by atoms with Gasteiger partial charge in [0.05, 0.1) is 6.61 Å². The molecule has 0 radical (unpaired) electrons. The zero-order valence-corrected chi connectivity index (χ0v) is 16.2. The van der Waals surface area contributed by atoms with Crippen molar-refractivity contribution >= 4 is 11.0 Å². The van der Waals surface area contributed by atoms with E-state index in [2.05, 4.69) is 5.32 Å². The SMILES string of the molecule is CCOc1ccc(OCC[NH2+]Cc2cc(=O)oc3cc(O)c(CC)cc23)cc1. The second-order valence-corrected chi connectivity index (χ2v) is 6.46. The summed E-state index contributed by atoms with van der Waals surface area (Å²) in [7, 11) is 0. The van der Waals surface area contributed by atoms with E-state index in [9.17, 15) is 9.90 Å². The van der Waals surface area contributed by atoms with Gasteiger partial charge in [-0.3, -0.25) is 0 Å². The van der Waals surface area contributed by atoms with E-state index < -0.39 is 5.63 Å². The monoisotopic (exact) mass is 384 g/mol. The molecule has 0 atom stereocenters. The standard InChI is InChI=1S/C22H25NO5/c1-3-15-11-19-16(12-22(25)28-21(19)13-20(15)24)14-23-9-10-27-18-7-5-17(6-8-18)26-4-2/h5-8,11-13,23-24H,3-4,9-10,14H2,1-2H3/p+1. The van der Waals surface area contributed by atoms with Crippen molar-refractivity contribution in [3.63, 3.8) is 0 Å². The molecule has 0 aliphatic carbocycles. The quantitative estimate of drug-likeness (QED) is 0.438. The van der Waals surface area contributed by atoms with Gasteiger partial charge in [0.1, 0.15) is 42.5 Å². The Morgan fingerprint density at radius 3 is 2.39 bits per heavy atom. The van der Waals surface area contributed by atoms with Gasteiger partial charge >= 0.3 is 5.63 Å². The average Bonchev–Trinajstić information content (AvgIpc) is 2.68. The topological polar surface area (TPSA) is 85.5 Å². The smallest absolute Gasteiger partial charge is 0.336 e. The molecule has 148 valence electrons. The number of quaternary nitrogens is 1. The number of nitrogens with two attached hydrogens (primary N) is 1. The summed E-state index contributed by atoms with van der Waals surface area (Å²) in [5, 5.41) is 12.9. The van der Waals surface area contributed by atoms with Crippen LogP contribution in [-0.4, -0.2) is 24.9 Å². The average molecular weight is 384 g/mol. The first-order valence-corrected chi connectivity index (χ1v) is 9.56. The highest BCUT2D eigenvalue weighted by molar-refractivity contribution is 5.82. The summed E-state index contributed by atoms with van der Waals surface area (Å²) in [4.78, 5) is 11.8. The molecule has 0 aliphatic rings. The molecule has 0 amide bonds. The minimum atomic E-state index is -0.412. The summed E-state index contributed by atoms with van der Waals surface area (Å²) in [6.45, 7) is 6.49. The molecule has 3 N–H and O–H groups in total. The fourth-order valence-electron chi connectivity index (χ4n) is 3.08.